The molecule has 0 bridgehead atoms. The van der Waals surface area contributed by atoms with E-state index in [1.165, 1.54) is 0 Å². The van der Waals surface area contributed by atoms with Crippen LogP contribution in [-0.4, -0.2) is 44.2 Å². The van der Waals surface area contributed by atoms with Crippen molar-refractivity contribution in [1.82, 2.24) is 9.55 Å². The molecule has 0 unspecified atom stereocenters. The van der Waals surface area contributed by atoms with Gasteiger partial charge in [0.2, 0.25) is 0 Å². The Kier molecular flexibility index (Phi) is 2.07. The van der Waals surface area contributed by atoms with Crippen molar-refractivity contribution in [3.8, 4) is 0 Å². The third kappa shape index (κ3) is 1.08. The van der Waals surface area contributed by atoms with Crippen LogP contribution >= 0.6 is 0 Å². The lowest BCUT2D eigenvalue weighted by Gasteiger charge is -2.16. The Labute approximate surface area is 75.3 Å². The van der Waals surface area contributed by atoms with Gasteiger partial charge >= 0.3 is 0 Å². The number of hydrogen-bond acceptors (Lipinski definition) is 4. The van der Waals surface area contributed by atoms with Crippen LogP contribution in [0.25, 0.3) is 0 Å². The highest BCUT2D eigenvalue weighted by Gasteiger charge is 2.38. The van der Waals surface area contributed by atoms with E-state index >= 15 is 0 Å². The summed E-state index contributed by atoms with van der Waals surface area (Å²) in [5, 5.41) is 27.7. The predicted molar refractivity (Wildman–Crippen MR) is 44.2 cm³/mol. The maximum absolute atomic E-state index is 9.69. The van der Waals surface area contributed by atoms with Crippen LogP contribution in [0.5, 0.6) is 0 Å². The summed E-state index contributed by atoms with van der Waals surface area (Å²) in [6.07, 6.45) is 2.46. The molecule has 0 aliphatic carbocycles. The topological polar surface area (TPSA) is 78.5 Å². The second-order valence-corrected chi connectivity index (χ2v) is 3.26. The molecule has 3 N–H and O–H groups in total. The summed E-state index contributed by atoms with van der Waals surface area (Å²) in [5.74, 6) is -0.320. The summed E-state index contributed by atoms with van der Waals surface area (Å²) >= 11 is 0. The molecular weight excluding hydrogens is 172 g/mol. The smallest absolute Gasteiger partial charge is 0.0952 e. The van der Waals surface area contributed by atoms with E-state index in [1.807, 2.05) is 0 Å². The van der Waals surface area contributed by atoms with Gasteiger partial charge in [0, 0.05) is 11.9 Å². The molecule has 0 amide bonds. The number of aromatic nitrogens is 2. The molecule has 13 heavy (non-hydrogen) atoms. The molecule has 2 rings (SSSR count). The molecule has 1 aliphatic rings. The largest absolute Gasteiger partial charge is 0.396 e. The fraction of sp³-hybridized carbons (Fsp3) is 0.625. The highest BCUT2D eigenvalue weighted by atomic mass is 16.3. The Morgan fingerprint density at radius 3 is 2.77 bits per heavy atom. The number of nitrogens with zero attached hydrogens (tertiary/aromatic N) is 2. The Morgan fingerprint density at radius 1 is 1.38 bits per heavy atom. The first kappa shape index (κ1) is 8.68. The van der Waals surface area contributed by atoms with Crippen LogP contribution in [0.2, 0.25) is 0 Å². The number of aliphatic hydroxyl groups is 3. The van der Waals surface area contributed by atoms with Gasteiger partial charge < -0.3 is 19.9 Å². The summed E-state index contributed by atoms with van der Waals surface area (Å²) in [7, 11) is 0. The third-order valence-corrected chi connectivity index (χ3v) is 2.62. The minimum Gasteiger partial charge on any atom is -0.396 e. The van der Waals surface area contributed by atoms with E-state index < -0.39 is 6.10 Å². The molecule has 0 saturated carbocycles. The van der Waals surface area contributed by atoms with E-state index in [0.29, 0.717) is 0 Å². The van der Waals surface area contributed by atoms with Crippen LogP contribution < -0.4 is 0 Å². The molecule has 1 aromatic heterocycles. The molecular formula is C8H12N2O3. The molecule has 5 nitrogen and oxygen atoms in total. The Balaban J connectivity index is 2.38. The van der Waals surface area contributed by atoms with Gasteiger partial charge in [0.1, 0.15) is 0 Å². The average Bonchev–Trinajstić information content (AvgIpc) is 2.64. The molecule has 0 saturated heterocycles. The van der Waals surface area contributed by atoms with Gasteiger partial charge in [0.25, 0.3) is 0 Å². The average molecular weight is 184 g/mol. The molecule has 0 fully saturated rings. The lowest BCUT2D eigenvalue weighted by molar-refractivity contribution is 0.0609. The highest BCUT2D eigenvalue weighted by Crippen LogP contribution is 2.35. The van der Waals surface area contributed by atoms with Gasteiger partial charge in [-0.05, 0) is 0 Å². The van der Waals surface area contributed by atoms with Crippen LogP contribution in [0.3, 0.4) is 0 Å². The molecule has 3 atom stereocenters. The molecule has 0 aromatic carbocycles. The van der Waals surface area contributed by atoms with Gasteiger partial charge in [0.15, 0.2) is 0 Å². The van der Waals surface area contributed by atoms with Gasteiger partial charge in [-0.25, -0.2) is 4.98 Å². The lowest BCUT2D eigenvalue weighted by atomic mass is 10.00. The van der Waals surface area contributed by atoms with Crippen molar-refractivity contribution in [1.29, 1.82) is 0 Å². The zero-order valence-electron chi connectivity index (χ0n) is 7.04. The van der Waals surface area contributed by atoms with Crippen LogP contribution in [-0.2, 0) is 0 Å². The van der Waals surface area contributed by atoms with Gasteiger partial charge in [-0.1, -0.05) is 0 Å². The van der Waals surface area contributed by atoms with Crippen molar-refractivity contribution in [3.63, 3.8) is 0 Å². The molecule has 0 spiro atoms. The third-order valence-electron chi connectivity index (χ3n) is 2.62. The first-order chi connectivity index (χ1) is 6.29. The van der Waals surface area contributed by atoms with Crippen LogP contribution in [0, 0.1) is 0 Å². The van der Waals surface area contributed by atoms with Crippen molar-refractivity contribution < 1.29 is 15.3 Å². The summed E-state index contributed by atoms with van der Waals surface area (Å²) in [6, 6.07) is -0.366. The Hall–Kier alpha value is -0.910. The van der Waals surface area contributed by atoms with E-state index in [4.69, 9.17) is 10.2 Å². The van der Waals surface area contributed by atoms with Crippen LogP contribution in [0.1, 0.15) is 17.7 Å². The first-order valence-electron chi connectivity index (χ1n) is 4.21. The van der Waals surface area contributed by atoms with Crippen molar-refractivity contribution in [2.75, 3.05) is 13.2 Å². The zero-order valence-corrected chi connectivity index (χ0v) is 7.04. The fourth-order valence-corrected chi connectivity index (χ4v) is 1.88. The van der Waals surface area contributed by atoms with Crippen LogP contribution in [0.15, 0.2) is 12.5 Å². The predicted octanol–water partition coefficient (Wildman–Crippen LogP) is -1.13. The summed E-state index contributed by atoms with van der Waals surface area (Å²) in [6.45, 7) is -0.260. The van der Waals surface area contributed by atoms with Crippen LogP contribution in [0.4, 0.5) is 0 Å². The molecule has 5 heteroatoms. The number of fused-ring (bicyclic) bond motifs is 1. The second-order valence-electron chi connectivity index (χ2n) is 3.26. The van der Waals surface area contributed by atoms with E-state index in [0.717, 1.165) is 5.69 Å². The molecule has 0 radical (unpaired) electrons. The molecule has 1 aromatic rings. The van der Waals surface area contributed by atoms with Gasteiger partial charge in [-0.3, -0.25) is 0 Å². The number of aliphatic hydroxyl groups excluding tert-OH is 3. The number of hydrogen-bond donors (Lipinski definition) is 3. The normalized spacial score (nSPS) is 32.1. The van der Waals surface area contributed by atoms with Crippen molar-refractivity contribution in [2.45, 2.75) is 18.1 Å². The van der Waals surface area contributed by atoms with Gasteiger partial charge in [-0.15, -0.1) is 0 Å². The fourth-order valence-electron chi connectivity index (χ4n) is 1.88. The monoisotopic (exact) mass is 184 g/mol. The molecule has 1 aliphatic heterocycles. The number of rotatable bonds is 2. The summed E-state index contributed by atoms with van der Waals surface area (Å²) in [5.41, 5.74) is 0.786. The van der Waals surface area contributed by atoms with Gasteiger partial charge in [0.05, 0.1) is 37.6 Å². The molecule has 72 valence electrons. The number of imidazole rings is 1. The van der Waals surface area contributed by atoms with E-state index in [1.54, 1.807) is 17.1 Å². The van der Waals surface area contributed by atoms with Crippen molar-refractivity contribution >= 4 is 0 Å². The maximum atomic E-state index is 9.69. The quantitative estimate of drug-likeness (QED) is 0.543. The van der Waals surface area contributed by atoms with Crippen molar-refractivity contribution in [2.24, 2.45) is 0 Å². The Bertz CT molecular complexity index is 273. The highest BCUT2D eigenvalue weighted by molar-refractivity contribution is 5.17. The van der Waals surface area contributed by atoms with E-state index in [9.17, 15) is 5.11 Å². The maximum Gasteiger partial charge on any atom is 0.0952 e. The SMILES string of the molecule is OC[C@@H]1c2cncn2[C@H](CO)[C@H]1O. The molecule has 2 heterocycles. The summed E-state index contributed by atoms with van der Waals surface area (Å²) in [4.78, 5) is 3.90. The minimum atomic E-state index is -0.715. The zero-order chi connectivity index (χ0) is 9.42. The standard InChI is InChI=1S/C8H12N2O3/c11-2-5-6-1-9-4-10(6)7(3-12)8(5)13/h1,4-5,7-8,11-13H,2-3H2/t5-,7-,8+/m1/s1. The lowest BCUT2D eigenvalue weighted by Crippen LogP contribution is -2.24. The first-order valence-corrected chi connectivity index (χ1v) is 4.21. The van der Waals surface area contributed by atoms with E-state index in [2.05, 4.69) is 4.98 Å². The van der Waals surface area contributed by atoms with Crippen molar-refractivity contribution in [3.05, 3.63) is 18.2 Å². The summed E-state index contributed by atoms with van der Waals surface area (Å²) < 4.78 is 1.71. The Morgan fingerprint density at radius 2 is 2.15 bits per heavy atom. The van der Waals surface area contributed by atoms with Gasteiger partial charge in [-0.2, -0.15) is 0 Å². The second kappa shape index (κ2) is 3.10. The van der Waals surface area contributed by atoms with E-state index in [-0.39, 0.29) is 25.2 Å². The minimum absolute atomic E-state index is 0.122.